The monoisotopic (exact) mass is 407 g/mol. The summed E-state index contributed by atoms with van der Waals surface area (Å²) in [7, 11) is -2.03. The van der Waals surface area contributed by atoms with Crippen molar-refractivity contribution in [2.24, 2.45) is 5.92 Å². The predicted molar refractivity (Wildman–Crippen MR) is 108 cm³/mol. The second kappa shape index (κ2) is 7.48. The number of likely N-dealkylation sites (N-methyl/N-ethyl adjacent to an activating group) is 1. The number of hydrogen-bond acceptors (Lipinski definition) is 4. The number of sulfonamides is 1. The van der Waals surface area contributed by atoms with Crippen LogP contribution in [-0.2, 0) is 25.0 Å². The topological polar surface area (TPSA) is 86.8 Å². The van der Waals surface area contributed by atoms with Crippen molar-refractivity contribution in [2.45, 2.75) is 50.3 Å². The summed E-state index contributed by atoms with van der Waals surface area (Å²) in [6, 6.07) is 4.87. The van der Waals surface area contributed by atoms with Gasteiger partial charge in [-0.3, -0.25) is 9.59 Å². The zero-order valence-electron chi connectivity index (χ0n) is 17.0. The van der Waals surface area contributed by atoms with E-state index in [-0.39, 0.29) is 29.2 Å². The normalized spacial score (nSPS) is 22.2. The molecule has 0 bridgehead atoms. The molecule has 0 radical (unpaired) electrons. The third-order valence-corrected chi connectivity index (χ3v) is 7.65. The summed E-state index contributed by atoms with van der Waals surface area (Å²) in [6.45, 7) is 6.79. The van der Waals surface area contributed by atoms with Crippen LogP contribution in [0, 0.1) is 5.92 Å². The zero-order valence-corrected chi connectivity index (χ0v) is 17.8. The van der Waals surface area contributed by atoms with Crippen LogP contribution in [0.4, 0.5) is 5.69 Å². The first-order valence-electron chi connectivity index (χ1n) is 9.81. The van der Waals surface area contributed by atoms with Gasteiger partial charge in [0.1, 0.15) is 0 Å². The zero-order chi connectivity index (χ0) is 20.7. The summed E-state index contributed by atoms with van der Waals surface area (Å²) in [5.41, 5.74) is 0.694. The highest BCUT2D eigenvalue weighted by Gasteiger charge is 2.43. The number of nitrogens with one attached hydrogen (secondary N) is 1. The molecule has 8 heteroatoms. The summed E-state index contributed by atoms with van der Waals surface area (Å²) in [4.78, 5) is 26.5. The Kier molecular flexibility index (Phi) is 5.55. The van der Waals surface area contributed by atoms with Crippen molar-refractivity contribution in [3.63, 3.8) is 0 Å². The van der Waals surface area contributed by atoms with Gasteiger partial charge in [0, 0.05) is 32.4 Å². The minimum absolute atomic E-state index is 0.0531. The second-order valence-electron chi connectivity index (χ2n) is 8.16. The van der Waals surface area contributed by atoms with Crippen LogP contribution in [0.25, 0.3) is 0 Å². The number of benzene rings is 1. The Morgan fingerprint density at radius 3 is 2.71 bits per heavy atom. The van der Waals surface area contributed by atoms with E-state index in [1.807, 2.05) is 20.8 Å². The Morgan fingerprint density at radius 2 is 2.04 bits per heavy atom. The molecule has 1 aromatic rings. The van der Waals surface area contributed by atoms with Gasteiger partial charge in [-0.2, -0.15) is 4.31 Å². The van der Waals surface area contributed by atoms with E-state index >= 15 is 0 Å². The number of piperidine rings is 1. The number of carbonyl (C=O) groups excluding carboxylic acids is 2. The average molecular weight is 408 g/mol. The summed E-state index contributed by atoms with van der Waals surface area (Å²) in [5.74, 6) is -0.458. The van der Waals surface area contributed by atoms with Crippen molar-refractivity contribution in [3.8, 4) is 0 Å². The van der Waals surface area contributed by atoms with Crippen LogP contribution < -0.4 is 10.2 Å². The molecule has 2 heterocycles. The summed E-state index contributed by atoms with van der Waals surface area (Å²) < 4.78 is 27.9. The first-order valence-corrected chi connectivity index (χ1v) is 11.2. The van der Waals surface area contributed by atoms with Gasteiger partial charge in [-0.05, 0) is 56.9 Å². The molecule has 1 N–H and O–H groups in total. The molecule has 1 unspecified atom stereocenters. The van der Waals surface area contributed by atoms with Crippen LogP contribution in [0.2, 0.25) is 0 Å². The lowest BCUT2D eigenvalue weighted by Gasteiger charge is -2.31. The van der Waals surface area contributed by atoms with Crippen LogP contribution in [0.5, 0.6) is 0 Å². The Balaban J connectivity index is 1.87. The predicted octanol–water partition coefficient (Wildman–Crippen LogP) is 1.87. The van der Waals surface area contributed by atoms with Gasteiger partial charge >= 0.3 is 0 Å². The lowest BCUT2D eigenvalue weighted by atomic mass is 9.86. The van der Waals surface area contributed by atoms with Gasteiger partial charge in [-0.25, -0.2) is 8.42 Å². The first-order chi connectivity index (χ1) is 13.1. The van der Waals surface area contributed by atoms with Crippen LogP contribution >= 0.6 is 0 Å². The second-order valence-corrected chi connectivity index (χ2v) is 10.1. The molecule has 3 rings (SSSR count). The van der Waals surface area contributed by atoms with Gasteiger partial charge in [-0.15, -0.1) is 0 Å². The van der Waals surface area contributed by atoms with E-state index in [9.17, 15) is 18.0 Å². The van der Waals surface area contributed by atoms with E-state index in [1.54, 1.807) is 30.1 Å². The smallest absolute Gasteiger partial charge is 0.243 e. The van der Waals surface area contributed by atoms with Crippen molar-refractivity contribution in [1.82, 2.24) is 9.62 Å². The van der Waals surface area contributed by atoms with Gasteiger partial charge < -0.3 is 10.2 Å². The van der Waals surface area contributed by atoms with Crippen molar-refractivity contribution in [3.05, 3.63) is 23.8 Å². The highest BCUT2D eigenvalue weighted by Crippen LogP contribution is 2.42. The van der Waals surface area contributed by atoms with Gasteiger partial charge in [0.05, 0.1) is 16.2 Å². The molecule has 154 valence electrons. The number of carbonyl (C=O) groups is 2. The van der Waals surface area contributed by atoms with E-state index in [0.29, 0.717) is 25.9 Å². The van der Waals surface area contributed by atoms with E-state index in [2.05, 4.69) is 5.32 Å². The van der Waals surface area contributed by atoms with Crippen molar-refractivity contribution >= 4 is 27.5 Å². The number of amides is 2. The van der Waals surface area contributed by atoms with Gasteiger partial charge in [0.15, 0.2) is 0 Å². The van der Waals surface area contributed by atoms with E-state index < -0.39 is 15.4 Å². The highest BCUT2D eigenvalue weighted by atomic mass is 32.2. The van der Waals surface area contributed by atoms with Gasteiger partial charge in [0.2, 0.25) is 21.8 Å². The Bertz CT molecular complexity index is 895. The number of nitrogens with zero attached hydrogens (tertiary/aromatic N) is 2. The van der Waals surface area contributed by atoms with Crippen LogP contribution in [-0.4, -0.2) is 51.2 Å². The highest BCUT2D eigenvalue weighted by molar-refractivity contribution is 7.89. The molecular weight excluding hydrogens is 378 g/mol. The molecule has 1 aromatic carbocycles. The minimum atomic E-state index is -3.73. The molecule has 0 saturated carbocycles. The summed E-state index contributed by atoms with van der Waals surface area (Å²) in [6.07, 6.45) is 2.19. The maximum Gasteiger partial charge on any atom is 0.243 e. The fourth-order valence-corrected chi connectivity index (χ4v) is 5.58. The molecule has 0 spiro atoms. The molecule has 0 aliphatic carbocycles. The first kappa shape index (κ1) is 20.8. The number of fused-ring (bicyclic) bond motifs is 1. The maximum absolute atomic E-state index is 13.2. The molecule has 1 saturated heterocycles. The number of hydrogen-bond donors (Lipinski definition) is 1. The fraction of sp³-hybridized carbons (Fsp3) is 0.600. The number of anilines is 1. The number of rotatable bonds is 5. The Morgan fingerprint density at radius 1 is 1.32 bits per heavy atom. The summed E-state index contributed by atoms with van der Waals surface area (Å²) in [5, 5.41) is 2.86. The molecule has 0 aromatic heterocycles. The molecule has 2 amide bonds. The van der Waals surface area contributed by atoms with Crippen molar-refractivity contribution in [1.29, 1.82) is 0 Å². The minimum Gasteiger partial charge on any atom is -0.356 e. The standard InChI is InChI=1S/C20H29N3O4S/c1-5-10-21-18(24)14-7-6-11-23(13-14)28(26,27)15-8-9-17-16(12-15)20(2,3)19(25)22(17)4/h8-9,12,14H,5-7,10-11,13H2,1-4H3,(H,21,24). The summed E-state index contributed by atoms with van der Waals surface area (Å²) >= 11 is 0. The molecule has 2 aliphatic heterocycles. The lowest BCUT2D eigenvalue weighted by Crippen LogP contribution is -2.45. The molecular formula is C20H29N3O4S. The lowest BCUT2D eigenvalue weighted by molar-refractivity contribution is -0.126. The third-order valence-electron chi connectivity index (χ3n) is 5.78. The average Bonchev–Trinajstić information content (AvgIpc) is 2.86. The molecule has 7 nitrogen and oxygen atoms in total. The molecule has 1 atom stereocenters. The van der Waals surface area contributed by atoms with Crippen molar-refractivity contribution < 1.29 is 18.0 Å². The van der Waals surface area contributed by atoms with Gasteiger partial charge in [-0.1, -0.05) is 6.92 Å². The van der Waals surface area contributed by atoms with Gasteiger partial charge in [0.25, 0.3) is 0 Å². The van der Waals surface area contributed by atoms with Crippen LogP contribution in [0.3, 0.4) is 0 Å². The molecule has 1 fully saturated rings. The maximum atomic E-state index is 13.2. The molecule has 28 heavy (non-hydrogen) atoms. The Labute approximate surface area is 167 Å². The third kappa shape index (κ3) is 3.43. The van der Waals surface area contributed by atoms with E-state index in [1.165, 1.54) is 4.31 Å². The van der Waals surface area contributed by atoms with E-state index in [4.69, 9.17) is 0 Å². The largest absolute Gasteiger partial charge is 0.356 e. The Hall–Kier alpha value is -1.93. The van der Waals surface area contributed by atoms with Crippen LogP contribution in [0.1, 0.15) is 45.6 Å². The quantitative estimate of drug-likeness (QED) is 0.807. The van der Waals surface area contributed by atoms with Crippen LogP contribution in [0.15, 0.2) is 23.1 Å². The SMILES string of the molecule is CCCNC(=O)C1CCCN(S(=O)(=O)c2ccc3c(c2)C(C)(C)C(=O)N3C)C1. The van der Waals surface area contributed by atoms with E-state index in [0.717, 1.165) is 17.7 Å². The molecule has 2 aliphatic rings. The fourth-order valence-electron chi connectivity index (χ4n) is 4.03. The van der Waals surface area contributed by atoms with Crippen molar-refractivity contribution in [2.75, 3.05) is 31.6 Å².